The van der Waals surface area contributed by atoms with Crippen LogP contribution in [-0.2, 0) is 13.1 Å². The van der Waals surface area contributed by atoms with E-state index in [9.17, 15) is 9.59 Å². The summed E-state index contributed by atoms with van der Waals surface area (Å²) in [4.78, 5) is 31.1. The number of pyridine rings is 1. The highest BCUT2D eigenvalue weighted by atomic mass is 16.3. The highest BCUT2D eigenvalue weighted by Gasteiger charge is 2.16. The van der Waals surface area contributed by atoms with Gasteiger partial charge < -0.3 is 10.2 Å². The van der Waals surface area contributed by atoms with E-state index >= 15 is 0 Å². The van der Waals surface area contributed by atoms with Crippen LogP contribution in [0.5, 0.6) is 0 Å². The van der Waals surface area contributed by atoms with Gasteiger partial charge in [0.2, 0.25) is 0 Å². The maximum Gasteiger partial charge on any atom is 0.330 e. The third-order valence-electron chi connectivity index (χ3n) is 3.81. The summed E-state index contributed by atoms with van der Waals surface area (Å²) >= 11 is 0. The van der Waals surface area contributed by atoms with Gasteiger partial charge in [-0.25, -0.2) is 9.78 Å². The number of nitrogens with one attached hydrogen (secondary N) is 1. The molecule has 0 atom stereocenters. The first-order valence-electron chi connectivity index (χ1n) is 6.88. The first-order valence-corrected chi connectivity index (χ1v) is 6.88. The normalized spacial score (nSPS) is 11.2. The first kappa shape index (κ1) is 14.3. The third kappa shape index (κ3) is 2.15. The number of nitrogens with two attached hydrogens (primary N) is 1. The Morgan fingerprint density at radius 2 is 2.14 bits per heavy atom. The van der Waals surface area contributed by atoms with Gasteiger partial charge in [0.15, 0.2) is 5.65 Å². The summed E-state index contributed by atoms with van der Waals surface area (Å²) in [5, 5.41) is 0.386. The quantitative estimate of drug-likeness (QED) is 0.744. The van der Waals surface area contributed by atoms with Gasteiger partial charge in [0.25, 0.3) is 5.56 Å². The summed E-state index contributed by atoms with van der Waals surface area (Å²) in [6.07, 6.45) is 1.53. The summed E-state index contributed by atoms with van der Waals surface area (Å²) < 4.78 is 6.68. The molecule has 22 heavy (non-hydrogen) atoms. The van der Waals surface area contributed by atoms with Crippen LogP contribution in [0.1, 0.15) is 22.6 Å². The zero-order valence-electron chi connectivity index (χ0n) is 12.3. The Kier molecular flexibility index (Phi) is 3.42. The van der Waals surface area contributed by atoms with Crippen molar-refractivity contribution in [3.05, 3.63) is 61.8 Å². The molecular formula is C15H16N4O3. The maximum atomic E-state index is 12.2. The van der Waals surface area contributed by atoms with Gasteiger partial charge in [-0.1, -0.05) is 0 Å². The fourth-order valence-electron chi connectivity index (χ4n) is 2.67. The van der Waals surface area contributed by atoms with Crippen molar-refractivity contribution >= 4 is 11.0 Å². The maximum absolute atomic E-state index is 12.2. The molecule has 0 saturated carbocycles. The molecule has 0 amide bonds. The fraction of sp³-hybridized carbons (Fsp3) is 0.267. The van der Waals surface area contributed by atoms with Crippen molar-refractivity contribution in [3.63, 3.8) is 0 Å². The Bertz CT molecular complexity index is 952. The average molecular weight is 300 g/mol. The molecule has 0 radical (unpaired) electrons. The summed E-state index contributed by atoms with van der Waals surface area (Å²) in [6, 6.07) is 3.50. The second-order valence-corrected chi connectivity index (χ2v) is 5.13. The van der Waals surface area contributed by atoms with E-state index in [4.69, 9.17) is 10.2 Å². The van der Waals surface area contributed by atoms with Gasteiger partial charge >= 0.3 is 5.69 Å². The van der Waals surface area contributed by atoms with E-state index in [2.05, 4.69) is 9.97 Å². The second-order valence-electron chi connectivity index (χ2n) is 5.13. The molecule has 0 spiro atoms. The van der Waals surface area contributed by atoms with Crippen LogP contribution in [0.4, 0.5) is 0 Å². The van der Waals surface area contributed by atoms with Crippen molar-refractivity contribution in [3.8, 4) is 0 Å². The lowest BCUT2D eigenvalue weighted by atomic mass is 10.0. The summed E-state index contributed by atoms with van der Waals surface area (Å²) in [5.74, 6) is 0.607. The molecular weight excluding hydrogens is 284 g/mol. The summed E-state index contributed by atoms with van der Waals surface area (Å²) in [6.45, 7) is 4.12. The lowest BCUT2D eigenvalue weighted by Gasteiger charge is -2.13. The number of fused-ring (bicyclic) bond motifs is 1. The predicted octanol–water partition coefficient (Wildman–Crippen LogP) is 0.802. The topological polar surface area (TPSA) is 107 Å². The first-order chi connectivity index (χ1) is 10.5. The SMILES string of the molecule is Cc1nc2c(c(C)c1CN)c(=O)[nH]c(=O)n2Cc1ccco1. The van der Waals surface area contributed by atoms with Crippen LogP contribution >= 0.6 is 0 Å². The van der Waals surface area contributed by atoms with Gasteiger partial charge in [-0.15, -0.1) is 0 Å². The van der Waals surface area contributed by atoms with Crippen LogP contribution in [0, 0.1) is 13.8 Å². The molecule has 7 heteroatoms. The molecule has 0 aliphatic carbocycles. The van der Waals surface area contributed by atoms with Crippen LogP contribution in [0.2, 0.25) is 0 Å². The van der Waals surface area contributed by atoms with Crippen LogP contribution in [0.25, 0.3) is 11.0 Å². The average Bonchev–Trinajstić information content (AvgIpc) is 2.96. The van der Waals surface area contributed by atoms with Crippen LogP contribution in [0.3, 0.4) is 0 Å². The monoisotopic (exact) mass is 300 g/mol. The molecule has 0 aliphatic rings. The minimum absolute atomic E-state index is 0.201. The van der Waals surface area contributed by atoms with Crippen LogP contribution < -0.4 is 17.0 Å². The van der Waals surface area contributed by atoms with Gasteiger partial charge in [-0.3, -0.25) is 14.3 Å². The van der Waals surface area contributed by atoms with E-state index in [1.54, 1.807) is 12.1 Å². The fourth-order valence-corrected chi connectivity index (χ4v) is 2.67. The van der Waals surface area contributed by atoms with Crippen molar-refractivity contribution in [1.29, 1.82) is 0 Å². The van der Waals surface area contributed by atoms with Crippen molar-refractivity contribution in [2.75, 3.05) is 0 Å². The van der Waals surface area contributed by atoms with E-state index in [0.29, 0.717) is 22.5 Å². The van der Waals surface area contributed by atoms with Gasteiger partial charge in [0.1, 0.15) is 5.76 Å². The second kappa shape index (κ2) is 5.27. The largest absolute Gasteiger partial charge is 0.467 e. The van der Waals surface area contributed by atoms with E-state index in [1.165, 1.54) is 10.8 Å². The molecule has 3 aromatic heterocycles. The minimum atomic E-state index is -0.513. The van der Waals surface area contributed by atoms with Gasteiger partial charge in [-0.05, 0) is 37.1 Å². The Labute approximate surface area is 125 Å². The number of rotatable bonds is 3. The molecule has 0 aromatic carbocycles. The standard InChI is InChI=1S/C15H16N4O3/c1-8-11(6-16)9(2)17-13-12(8)14(20)18-15(21)19(13)7-10-4-3-5-22-10/h3-5H,6-7,16H2,1-2H3,(H,18,20,21). The van der Waals surface area contributed by atoms with E-state index in [0.717, 1.165) is 11.1 Å². The highest BCUT2D eigenvalue weighted by molar-refractivity contribution is 5.79. The Morgan fingerprint density at radius 3 is 2.77 bits per heavy atom. The molecule has 0 unspecified atom stereocenters. The van der Waals surface area contributed by atoms with Crippen molar-refractivity contribution in [1.82, 2.24) is 14.5 Å². The Hall–Kier alpha value is -2.67. The molecule has 3 heterocycles. The number of aromatic nitrogens is 3. The molecule has 0 fully saturated rings. The lowest BCUT2D eigenvalue weighted by Crippen LogP contribution is -2.32. The van der Waals surface area contributed by atoms with Crippen molar-refractivity contribution in [2.24, 2.45) is 5.73 Å². The molecule has 0 saturated heterocycles. The minimum Gasteiger partial charge on any atom is -0.467 e. The predicted molar refractivity (Wildman–Crippen MR) is 81.8 cm³/mol. The van der Waals surface area contributed by atoms with Crippen molar-refractivity contribution in [2.45, 2.75) is 26.9 Å². The molecule has 0 bridgehead atoms. The summed E-state index contributed by atoms with van der Waals surface area (Å²) in [7, 11) is 0. The number of hydrogen-bond acceptors (Lipinski definition) is 5. The van der Waals surface area contributed by atoms with Crippen LogP contribution in [0.15, 0.2) is 32.4 Å². The van der Waals surface area contributed by atoms with Gasteiger partial charge in [0, 0.05) is 12.2 Å². The number of aryl methyl sites for hydroxylation is 2. The van der Waals surface area contributed by atoms with Crippen LogP contribution in [-0.4, -0.2) is 14.5 Å². The number of aromatic amines is 1. The van der Waals surface area contributed by atoms with E-state index < -0.39 is 11.2 Å². The molecule has 114 valence electrons. The molecule has 7 nitrogen and oxygen atoms in total. The Morgan fingerprint density at radius 1 is 1.36 bits per heavy atom. The molecule has 3 aromatic rings. The van der Waals surface area contributed by atoms with E-state index in [-0.39, 0.29) is 13.1 Å². The van der Waals surface area contributed by atoms with Crippen molar-refractivity contribution < 1.29 is 4.42 Å². The highest BCUT2D eigenvalue weighted by Crippen LogP contribution is 2.19. The Balaban J connectivity index is 2.38. The van der Waals surface area contributed by atoms with E-state index in [1.807, 2.05) is 13.8 Å². The molecule has 3 rings (SSSR count). The zero-order chi connectivity index (χ0) is 15.9. The molecule has 3 N–H and O–H groups in total. The lowest BCUT2D eigenvalue weighted by molar-refractivity contribution is 0.490. The zero-order valence-corrected chi connectivity index (χ0v) is 12.3. The van der Waals surface area contributed by atoms with Gasteiger partial charge in [0.05, 0.1) is 18.2 Å². The van der Waals surface area contributed by atoms with Gasteiger partial charge in [-0.2, -0.15) is 0 Å². The summed E-state index contributed by atoms with van der Waals surface area (Å²) in [5.41, 5.74) is 7.40. The third-order valence-corrected chi connectivity index (χ3v) is 3.81. The number of nitrogens with zero attached hydrogens (tertiary/aromatic N) is 2. The number of H-pyrrole nitrogens is 1. The number of furan rings is 1. The molecule has 0 aliphatic heterocycles. The number of hydrogen-bond donors (Lipinski definition) is 2. The smallest absolute Gasteiger partial charge is 0.330 e.